The number of hydrogen-bond acceptors (Lipinski definition) is 3. The Morgan fingerprint density at radius 3 is 2.61 bits per heavy atom. The number of aryl methyl sites for hydroxylation is 2. The molecule has 0 fully saturated rings. The first-order valence-corrected chi connectivity index (χ1v) is 8.19. The van der Waals surface area contributed by atoms with Gasteiger partial charge in [0.2, 0.25) is 5.91 Å². The number of benzene rings is 1. The normalized spacial score (nSPS) is 10.4. The van der Waals surface area contributed by atoms with Crippen LogP contribution in [0.3, 0.4) is 0 Å². The zero-order valence-electron chi connectivity index (χ0n) is 14.2. The van der Waals surface area contributed by atoms with Crippen LogP contribution in [0.2, 0.25) is 0 Å². The molecule has 4 nitrogen and oxygen atoms in total. The molecule has 4 heteroatoms. The summed E-state index contributed by atoms with van der Waals surface area (Å²) in [6, 6.07) is 11.9. The van der Waals surface area contributed by atoms with Gasteiger partial charge in [-0.05, 0) is 56.5 Å². The number of anilines is 2. The summed E-state index contributed by atoms with van der Waals surface area (Å²) in [6.45, 7) is 8.09. The molecule has 0 saturated heterocycles. The second-order valence-electron chi connectivity index (χ2n) is 5.56. The number of nitrogens with zero attached hydrogens (tertiary/aromatic N) is 2. The van der Waals surface area contributed by atoms with Gasteiger partial charge >= 0.3 is 0 Å². The summed E-state index contributed by atoms with van der Waals surface area (Å²) in [5.74, 6) is 1.02. The fraction of sp³-hybridized carbons (Fsp3) is 0.368. The van der Waals surface area contributed by atoms with E-state index in [4.69, 9.17) is 0 Å². The highest BCUT2D eigenvalue weighted by atomic mass is 16.1. The van der Waals surface area contributed by atoms with Crippen LogP contribution in [0.15, 0.2) is 42.6 Å². The van der Waals surface area contributed by atoms with Gasteiger partial charge in [0, 0.05) is 31.4 Å². The van der Waals surface area contributed by atoms with Crippen molar-refractivity contribution in [2.45, 2.75) is 33.6 Å². The Kier molecular flexibility index (Phi) is 6.15. The third kappa shape index (κ3) is 4.81. The number of rotatable bonds is 7. The molecule has 1 aromatic carbocycles. The van der Waals surface area contributed by atoms with Crippen molar-refractivity contribution < 1.29 is 4.79 Å². The van der Waals surface area contributed by atoms with Gasteiger partial charge in [-0.15, -0.1) is 0 Å². The lowest BCUT2D eigenvalue weighted by molar-refractivity contribution is -0.116. The first-order valence-electron chi connectivity index (χ1n) is 8.19. The number of para-hydroxylation sites is 1. The first kappa shape index (κ1) is 17.0. The number of carbonyl (C=O) groups is 1. The molecule has 1 aromatic heterocycles. The largest absolute Gasteiger partial charge is 0.357 e. The summed E-state index contributed by atoms with van der Waals surface area (Å²) in [7, 11) is 0. The van der Waals surface area contributed by atoms with Gasteiger partial charge in [-0.1, -0.05) is 18.2 Å². The molecule has 1 heterocycles. The van der Waals surface area contributed by atoms with Gasteiger partial charge in [0.15, 0.2) is 0 Å². The first-order chi connectivity index (χ1) is 11.1. The van der Waals surface area contributed by atoms with Crippen molar-refractivity contribution in [2.24, 2.45) is 0 Å². The number of nitrogens with one attached hydrogen (secondary N) is 1. The fourth-order valence-corrected chi connectivity index (χ4v) is 2.52. The summed E-state index contributed by atoms with van der Waals surface area (Å²) in [5.41, 5.74) is 3.10. The molecule has 0 bridgehead atoms. The molecule has 0 aliphatic carbocycles. The van der Waals surface area contributed by atoms with Gasteiger partial charge in [0.25, 0.3) is 0 Å². The van der Waals surface area contributed by atoms with E-state index >= 15 is 0 Å². The van der Waals surface area contributed by atoms with Gasteiger partial charge in [-0.3, -0.25) is 4.79 Å². The molecule has 0 spiro atoms. The van der Waals surface area contributed by atoms with Crippen molar-refractivity contribution in [1.29, 1.82) is 0 Å². The van der Waals surface area contributed by atoms with E-state index in [2.05, 4.69) is 35.1 Å². The third-order valence-corrected chi connectivity index (χ3v) is 3.96. The Morgan fingerprint density at radius 1 is 1.17 bits per heavy atom. The van der Waals surface area contributed by atoms with Gasteiger partial charge in [-0.2, -0.15) is 0 Å². The highest BCUT2D eigenvalue weighted by Crippen LogP contribution is 2.16. The van der Waals surface area contributed by atoms with Crippen molar-refractivity contribution in [3.63, 3.8) is 0 Å². The van der Waals surface area contributed by atoms with Crippen molar-refractivity contribution in [3.05, 3.63) is 53.7 Å². The summed E-state index contributed by atoms with van der Waals surface area (Å²) in [4.78, 5) is 18.8. The van der Waals surface area contributed by atoms with Crippen LogP contribution in [0, 0.1) is 6.92 Å². The van der Waals surface area contributed by atoms with E-state index in [0.717, 1.165) is 35.7 Å². The SMILES string of the molecule is CCN(CC)c1cc(CCC(=O)Nc2ccccc2C)ccn1. The number of pyridine rings is 1. The summed E-state index contributed by atoms with van der Waals surface area (Å²) >= 11 is 0. The lowest BCUT2D eigenvalue weighted by atomic mass is 10.1. The molecule has 0 radical (unpaired) electrons. The molecule has 0 aliphatic rings. The minimum absolute atomic E-state index is 0.0421. The van der Waals surface area contributed by atoms with Crippen LogP contribution in [-0.4, -0.2) is 24.0 Å². The van der Waals surface area contributed by atoms with Gasteiger partial charge in [0.1, 0.15) is 5.82 Å². The van der Waals surface area contributed by atoms with Gasteiger partial charge in [0.05, 0.1) is 0 Å². The Labute approximate surface area is 138 Å². The Bertz CT molecular complexity index is 651. The van der Waals surface area contributed by atoms with Crippen molar-refractivity contribution in [1.82, 2.24) is 4.98 Å². The average Bonchev–Trinajstić information content (AvgIpc) is 2.57. The molecular formula is C19H25N3O. The summed E-state index contributed by atoms with van der Waals surface area (Å²) < 4.78 is 0. The van der Waals surface area contributed by atoms with Gasteiger partial charge in [-0.25, -0.2) is 4.98 Å². The van der Waals surface area contributed by atoms with Crippen molar-refractivity contribution >= 4 is 17.4 Å². The Morgan fingerprint density at radius 2 is 1.91 bits per heavy atom. The lowest BCUT2D eigenvalue weighted by Gasteiger charge is -2.20. The zero-order chi connectivity index (χ0) is 16.7. The number of carbonyl (C=O) groups excluding carboxylic acids is 1. The topological polar surface area (TPSA) is 45.2 Å². The predicted octanol–water partition coefficient (Wildman–Crippen LogP) is 3.81. The third-order valence-electron chi connectivity index (χ3n) is 3.96. The molecule has 1 amide bonds. The van der Waals surface area contributed by atoms with E-state index in [-0.39, 0.29) is 5.91 Å². The Hall–Kier alpha value is -2.36. The second kappa shape index (κ2) is 8.32. The van der Waals surface area contributed by atoms with E-state index in [1.54, 1.807) is 0 Å². The number of aromatic nitrogens is 1. The van der Waals surface area contributed by atoms with Crippen LogP contribution in [0.1, 0.15) is 31.4 Å². The molecule has 0 atom stereocenters. The quantitative estimate of drug-likeness (QED) is 0.846. The highest BCUT2D eigenvalue weighted by molar-refractivity contribution is 5.91. The second-order valence-corrected chi connectivity index (χ2v) is 5.56. The molecule has 0 unspecified atom stereocenters. The molecule has 23 heavy (non-hydrogen) atoms. The van der Waals surface area contributed by atoms with E-state index in [0.29, 0.717) is 12.8 Å². The summed E-state index contributed by atoms with van der Waals surface area (Å²) in [6.07, 6.45) is 3.01. The smallest absolute Gasteiger partial charge is 0.224 e. The van der Waals surface area contributed by atoms with E-state index in [9.17, 15) is 4.79 Å². The van der Waals surface area contributed by atoms with Crippen LogP contribution in [0.5, 0.6) is 0 Å². The Balaban J connectivity index is 1.94. The molecule has 2 aromatic rings. The molecule has 0 aliphatic heterocycles. The van der Waals surface area contributed by atoms with Crippen molar-refractivity contribution in [2.75, 3.05) is 23.3 Å². The molecule has 0 saturated carbocycles. The highest BCUT2D eigenvalue weighted by Gasteiger charge is 2.07. The van der Waals surface area contributed by atoms with Crippen molar-refractivity contribution in [3.8, 4) is 0 Å². The van der Waals surface area contributed by atoms with E-state index in [1.807, 2.05) is 43.5 Å². The zero-order valence-corrected chi connectivity index (χ0v) is 14.2. The summed E-state index contributed by atoms with van der Waals surface area (Å²) in [5, 5.41) is 2.98. The maximum absolute atomic E-state index is 12.1. The van der Waals surface area contributed by atoms with E-state index in [1.165, 1.54) is 0 Å². The maximum Gasteiger partial charge on any atom is 0.224 e. The minimum atomic E-state index is 0.0421. The number of amides is 1. The predicted molar refractivity (Wildman–Crippen MR) is 95.9 cm³/mol. The lowest BCUT2D eigenvalue weighted by Crippen LogP contribution is -2.23. The van der Waals surface area contributed by atoms with Gasteiger partial charge < -0.3 is 10.2 Å². The molecule has 122 valence electrons. The fourth-order valence-electron chi connectivity index (χ4n) is 2.52. The van der Waals surface area contributed by atoms with Crippen LogP contribution >= 0.6 is 0 Å². The van der Waals surface area contributed by atoms with Crippen LogP contribution < -0.4 is 10.2 Å². The standard InChI is InChI=1S/C19H25N3O/c1-4-22(5-2)18-14-16(12-13-20-18)10-11-19(23)21-17-9-7-6-8-15(17)3/h6-9,12-14H,4-5,10-11H2,1-3H3,(H,21,23). The molecular weight excluding hydrogens is 286 g/mol. The van der Waals surface area contributed by atoms with Crippen LogP contribution in [-0.2, 0) is 11.2 Å². The van der Waals surface area contributed by atoms with E-state index < -0.39 is 0 Å². The monoisotopic (exact) mass is 311 g/mol. The minimum Gasteiger partial charge on any atom is -0.357 e. The molecule has 1 N–H and O–H groups in total. The molecule has 2 rings (SSSR count). The average molecular weight is 311 g/mol. The maximum atomic E-state index is 12.1. The van der Waals surface area contributed by atoms with Crippen LogP contribution in [0.25, 0.3) is 0 Å². The van der Waals surface area contributed by atoms with Crippen LogP contribution in [0.4, 0.5) is 11.5 Å². The number of hydrogen-bond donors (Lipinski definition) is 1.